The molecule has 5 nitrogen and oxygen atoms in total. The largest absolute Gasteiger partial charge is 0.416 e. The monoisotopic (exact) mass is 418 g/mol. The predicted octanol–water partition coefficient (Wildman–Crippen LogP) is 4.29. The van der Waals surface area contributed by atoms with Gasteiger partial charge in [0, 0.05) is 24.3 Å². The third kappa shape index (κ3) is 4.19. The number of hydrogen-bond donors (Lipinski definition) is 1. The second kappa shape index (κ2) is 7.05. The van der Waals surface area contributed by atoms with Crippen LogP contribution in [0.25, 0.3) is 0 Å². The molecule has 1 aliphatic rings. The molecule has 10 heteroatoms. The van der Waals surface area contributed by atoms with E-state index in [1.54, 1.807) is 17.0 Å². The maximum Gasteiger partial charge on any atom is 0.416 e. The Kier molecular flexibility index (Phi) is 5.09. The van der Waals surface area contributed by atoms with Crippen molar-refractivity contribution < 1.29 is 26.4 Å². The minimum absolute atomic E-state index is 0.0147. The van der Waals surface area contributed by atoms with E-state index in [1.165, 1.54) is 12.1 Å². The third-order valence-corrected chi connectivity index (χ3v) is 5.92. The summed E-state index contributed by atoms with van der Waals surface area (Å²) in [6.07, 6.45) is -3.48. The molecule has 1 N–H and O–H groups in total. The summed E-state index contributed by atoms with van der Waals surface area (Å²) in [4.78, 5) is 12.6. The minimum atomic E-state index is -4.70. The van der Waals surface area contributed by atoms with Crippen molar-refractivity contribution in [2.24, 2.45) is 0 Å². The second-order valence-corrected chi connectivity index (χ2v) is 8.00. The Morgan fingerprint density at radius 1 is 1.07 bits per heavy atom. The molecule has 0 bridgehead atoms. The summed E-state index contributed by atoms with van der Waals surface area (Å²) in [7, 11) is -4.33. The van der Waals surface area contributed by atoms with Crippen LogP contribution in [0.4, 0.5) is 24.5 Å². The van der Waals surface area contributed by atoms with E-state index < -0.39 is 26.7 Å². The van der Waals surface area contributed by atoms with Crippen LogP contribution in [0.3, 0.4) is 0 Å². The topological polar surface area (TPSA) is 66.5 Å². The number of hydrogen-bond acceptors (Lipinski definition) is 3. The third-order valence-electron chi connectivity index (χ3n) is 4.05. The van der Waals surface area contributed by atoms with Crippen LogP contribution in [0.1, 0.15) is 18.4 Å². The standard InChI is InChI=1S/C17H14ClF3N2O3S/c18-14-8-3-11(17(19,20)21)10-15(14)27(25,26)22-12-4-6-13(7-5-12)23-9-1-2-16(23)24/h3-8,10,22H,1-2,9H2. The summed E-state index contributed by atoms with van der Waals surface area (Å²) in [5.74, 6) is -0.0147. The lowest BCUT2D eigenvalue weighted by molar-refractivity contribution is -0.137. The number of carbonyl (C=O) groups excluding carboxylic acids is 1. The van der Waals surface area contributed by atoms with Gasteiger partial charge in [0.2, 0.25) is 5.91 Å². The summed E-state index contributed by atoms with van der Waals surface area (Å²) in [6, 6.07) is 8.08. The van der Waals surface area contributed by atoms with Crippen LogP contribution in [0, 0.1) is 0 Å². The molecule has 0 aliphatic carbocycles. The van der Waals surface area contributed by atoms with Crippen LogP contribution in [-0.4, -0.2) is 20.9 Å². The number of anilines is 2. The van der Waals surface area contributed by atoms with Crippen molar-refractivity contribution in [3.8, 4) is 0 Å². The SMILES string of the molecule is O=C1CCCN1c1ccc(NS(=O)(=O)c2cc(C(F)(F)F)ccc2Cl)cc1. The number of benzene rings is 2. The zero-order valence-electron chi connectivity index (χ0n) is 13.8. The number of halogens is 4. The summed E-state index contributed by atoms with van der Waals surface area (Å²) >= 11 is 5.79. The van der Waals surface area contributed by atoms with Gasteiger partial charge in [0.1, 0.15) is 4.90 Å². The molecule has 1 aliphatic heterocycles. The molecule has 3 rings (SSSR count). The van der Waals surface area contributed by atoms with Crippen LogP contribution in [0.15, 0.2) is 47.4 Å². The summed E-state index contributed by atoms with van der Waals surface area (Å²) in [6.45, 7) is 0.587. The summed E-state index contributed by atoms with van der Waals surface area (Å²) < 4.78 is 65.7. The summed E-state index contributed by atoms with van der Waals surface area (Å²) in [5, 5.41) is -0.324. The van der Waals surface area contributed by atoms with Gasteiger partial charge in [-0.1, -0.05) is 11.6 Å². The molecule has 1 fully saturated rings. The Labute approximate surface area is 158 Å². The van der Waals surface area contributed by atoms with Crippen molar-refractivity contribution in [3.05, 3.63) is 53.1 Å². The molecule has 1 heterocycles. The van der Waals surface area contributed by atoms with E-state index in [1.807, 2.05) is 0 Å². The van der Waals surface area contributed by atoms with E-state index in [0.29, 0.717) is 30.8 Å². The smallest absolute Gasteiger partial charge is 0.312 e. The van der Waals surface area contributed by atoms with Crippen molar-refractivity contribution >= 4 is 38.9 Å². The van der Waals surface area contributed by atoms with Gasteiger partial charge in [0.25, 0.3) is 10.0 Å². The van der Waals surface area contributed by atoms with Gasteiger partial charge < -0.3 is 4.90 Å². The predicted molar refractivity (Wildman–Crippen MR) is 95.3 cm³/mol. The molecule has 0 radical (unpaired) electrons. The molecule has 0 saturated carbocycles. The van der Waals surface area contributed by atoms with Crippen molar-refractivity contribution in [2.75, 3.05) is 16.2 Å². The molecule has 2 aromatic rings. The number of nitrogens with one attached hydrogen (secondary N) is 1. The van der Waals surface area contributed by atoms with Crippen LogP contribution in [0.5, 0.6) is 0 Å². The van der Waals surface area contributed by atoms with E-state index in [0.717, 1.165) is 12.5 Å². The van der Waals surface area contributed by atoms with E-state index in [9.17, 15) is 26.4 Å². The number of sulfonamides is 1. The van der Waals surface area contributed by atoms with Crippen LogP contribution in [-0.2, 0) is 21.0 Å². The molecule has 0 unspecified atom stereocenters. The van der Waals surface area contributed by atoms with Crippen LogP contribution in [0.2, 0.25) is 5.02 Å². The Balaban J connectivity index is 1.85. The Morgan fingerprint density at radius 2 is 1.74 bits per heavy atom. The van der Waals surface area contributed by atoms with Crippen LogP contribution >= 0.6 is 11.6 Å². The van der Waals surface area contributed by atoms with Crippen molar-refractivity contribution in [2.45, 2.75) is 23.9 Å². The maximum atomic E-state index is 12.8. The minimum Gasteiger partial charge on any atom is -0.312 e. The first-order valence-electron chi connectivity index (χ1n) is 7.88. The fourth-order valence-electron chi connectivity index (χ4n) is 2.73. The van der Waals surface area contributed by atoms with E-state index in [2.05, 4.69) is 4.72 Å². The lowest BCUT2D eigenvalue weighted by Gasteiger charge is -2.16. The van der Waals surface area contributed by atoms with Gasteiger partial charge in [0.15, 0.2) is 0 Å². The normalized spacial score (nSPS) is 15.3. The Bertz CT molecular complexity index is 976. The number of nitrogens with zero attached hydrogens (tertiary/aromatic N) is 1. The van der Waals surface area contributed by atoms with Crippen molar-refractivity contribution in [1.29, 1.82) is 0 Å². The fourth-order valence-corrected chi connectivity index (χ4v) is 4.31. The first-order chi connectivity index (χ1) is 12.6. The highest BCUT2D eigenvalue weighted by Crippen LogP contribution is 2.34. The number of rotatable bonds is 4. The van der Waals surface area contributed by atoms with E-state index in [-0.39, 0.29) is 16.6 Å². The molecular weight excluding hydrogens is 405 g/mol. The van der Waals surface area contributed by atoms with E-state index in [4.69, 9.17) is 11.6 Å². The van der Waals surface area contributed by atoms with Gasteiger partial charge in [-0.25, -0.2) is 8.42 Å². The molecule has 1 amide bonds. The van der Waals surface area contributed by atoms with Gasteiger partial charge in [-0.2, -0.15) is 13.2 Å². The molecule has 0 atom stereocenters. The highest BCUT2D eigenvalue weighted by molar-refractivity contribution is 7.92. The fraction of sp³-hybridized carbons (Fsp3) is 0.235. The van der Waals surface area contributed by atoms with E-state index >= 15 is 0 Å². The molecule has 144 valence electrons. The average Bonchev–Trinajstić information content (AvgIpc) is 3.00. The van der Waals surface area contributed by atoms with Gasteiger partial charge in [0.05, 0.1) is 10.6 Å². The average molecular weight is 419 g/mol. The maximum absolute atomic E-state index is 12.8. The zero-order chi connectivity index (χ0) is 19.8. The van der Waals surface area contributed by atoms with Gasteiger partial charge >= 0.3 is 6.18 Å². The van der Waals surface area contributed by atoms with Crippen molar-refractivity contribution in [3.63, 3.8) is 0 Å². The molecule has 1 saturated heterocycles. The number of amides is 1. The zero-order valence-corrected chi connectivity index (χ0v) is 15.3. The van der Waals surface area contributed by atoms with Gasteiger partial charge in [-0.3, -0.25) is 9.52 Å². The number of alkyl halides is 3. The molecule has 2 aromatic carbocycles. The molecule has 0 spiro atoms. The quantitative estimate of drug-likeness (QED) is 0.805. The van der Waals surface area contributed by atoms with Crippen molar-refractivity contribution in [1.82, 2.24) is 0 Å². The molecule has 0 aromatic heterocycles. The highest BCUT2D eigenvalue weighted by Gasteiger charge is 2.32. The van der Waals surface area contributed by atoms with Gasteiger partial charge in [-0.05, 0) is 48.9 Å². The lowest BCUT2D eigenvalue weighted by atomic mass is 10.2. The van der Waals surface area contributed by atoms with Crippen LogP contribution < -0.4 is 9.62 Å². The Morgan fingerprint density at radius 3 is 2.30 bits per heavy atom. The Hall–Kier alpha value is -2.26. The molecule has 27 heavy (non-hydrogen) atoms. The van der Waals surface area contributed by atoms with Gasteiger partial charge in [-0.15, -0.1) is 0 Å². The number of carbonyl (C=O) groups is 1. The molecular formula is C17H14ClF3N2O3S. The highest BCUT2D eigenvalue weighted by atomic mass is 35.5. The lowest BCUT2D eigenvalue weighted by Crippen LogP contribution is -2.23. The summed E-state index contributed by atoms with van der Waals surface area (Å²) in [5.41, 5.74) is -0.355. The first-order valence-corrected chi connectivity index (χ1v) is 9.74. The first kappa shape index (κ1) is 19.5. The second-order valence-electron chi connectivity index (χ2n) is 5.94.